The average Bonchev–Trinajstić information content (AvgIpc) is 2.40. The molecule has 1 saturated heterocycles. The Labute approximate surface area is 114 Å². The Kier molecular flexibility index (Phi) is 4.14. The Hall–Kier alpha value is -2.64. The van der Waals surface area contributed by atoms with Crippen molar-refractivity contribution in [3.63, 3.8) is 0 Å². The van der Waals surface area contributed by atoms with Crippen LogP contribution < -0.4 is 10.6 Å². The Morgan fingerprint density at radius 3 is 2.85 bits per heavy atom. The van der Waals surface area contributed by atoms with Gasteiger partial charge < -0.3 is 20.6 Å². The predicted octanol–water partition coefficient (Wildman–Crippen LogP) is -0.328. The molecular formula is C12H14N4O4. The second kappa shape index (κ2) is 6.00. The number of carbonyl (C=O) groups excluding carboxylic acids is 2. The van der Waals surface area contributed by atoms with E-state index in [1.807, 2.05) is 0 Å². The third kappa shape index (κ3) is 3.67. The number of nitrogens with one attached hydrogen (secondary N) is 2. The molecule has 0 aromatic carbocycles. The molecule has 1 aromatic heterocycles. The van der Waals surface area contributed by atoms with Crippen molar-refractivity contribution in [2.24, 2.45) is 0 Å². The van der Waals surface area contributed by atoms with Crippen LogP contribution in [-0.2, 0) is 16.0 Å². The van der Waals surface area contributed by atoms with E-state index in [1.54, 1.807) is 6.07 Å². The van der Waals surface area contributed by atoms with Gasteiger partial charge in [-0.1, -0.05) is 0 Å². The first-order valence-corrected chi connectivity index (χ1v) is 6.04. The summed E-state index contributed by atoms with van der Waals surface area (Å²) < 4.78 is 0. The van der Waals surface area contributed by atoms with E-state index in [-0.39, 0.29) is 24.9 Å². The number of piperazine rings is 1. The molecule has 20 heavy (non-hydrogen) atoms. The first-order valence-electron chi connectivity index (χ1n) is 6.04. The van der Waals surface area contributed by atoms with Gasteiger partial charge in [0.05, 0.1) is 24.0 Å². The SMILES string of the molecule is O=C(O)Cc1ccc(NC(=O)N2CCNC(=O)C2)cn1. The number of carboxylic acid groups (broad SMARTS) is 1. The molecule has 0 spiro atoms. The van der Waals surface area contributed by atoms with Crippen LogP contribution in [0.5, 0.6) is 0 Å². The summed E-state index contributed by atoms with van der Waals surface area (Å²) in [7, 11) is 0. The summed E-state index contributed by atoms with van der Waals surface area (Å²) in [5, 5.41) is 13.9. The predicted molar refractivity (Wildman–Crippen MR) is 69.2 cm³/mol. The molecule has 1 aliphatic rings. The number of hydrogen-bond donors (Lipinski definition) is 3. The maximum absolute atomic E-state index is 11.9. The molecule has 3 amide bonds. The van der Waals surface area contributed by atoms with Crippen LogP contribution in [-0.4, -0.2) is 52.5 Å². The lowest BCUT2D eigenvalue weighted by Crippen LogP contribution is -2.51. The van der Waals surface area contributed by atoms with E-state index >= 15 is 0 Å². The fourth-order valence-corrected chi connectivity index (χ4v) is 1.77. The average molecular weight is 278 g/mol. The van der Waals surface area contributed by atoms with Gasteiger partial charge in [0, 0.05) is 13.1 Å². The number of carbonyl (C=O) groups is 3. The summed E-state index contributed by atoms with van der Waals surface area (Å²) in [4.78, 5) is 38.9. The summed E-state index contributed by atoms with van der Waals surface area (Å²) in [6, 6.07) is 2.73. The lowest BCUT2D eigenvalue weighted by Gasteiger charge is -2.26. The van der Waals surface area contributed by atoms with Crippen LogP contribution in [0.2, 0.25) is 0 Å². The number of carboxylic acids is 1. The monoisotopic (exact) mass is 278 g/mol. The lowest BCUT2D eigenvalue weighted by molar-refractivity contribution is -0.136. The fourth-order valence-electron chi connectivity index (χ4n) is 1.77. The number of urea groups is 1. The Morgan fingerprint density at radius 2 is 2.25 bits per heavy atom. The number of anilines is 1. The second-order valence-electron chi connectivity index (χ2n) is 4.31. The van der Waals surface area contributed by atoms with Crippen LogP contribution in [0.25, 0.3) is 0 Å². The lowest BCUT2D eigenvalue weighted by atomic mass is 10.2. The van der Waals surface area contributed by atoms with Crippen LogP contribution in [0.3, 0.4) is 0 Å². The number of aliphatic carboxylic acids is 1. The van der Waals surface area contributed by atoms with Crippen molar-refractivity contribution < 1.29 is 19.5 Å². The van der Waals surface area contributed by atoms with Crippen molar-refractivity contribution >= 4 is 23.6 Å². The molecule has 0 saturated carbocycles. The zero-order chi connectivity index (χ0) is 14.5. The molecule has 2 rings (SSSR count). The molecule has 8 nitrogen and oxygen atoms in total. The maximum Gasteiger partial charge on any atom is 0.322 e. The van der Waals surface area contributed by atoms with Gasteiger partial charge in [-0.3, -0.25) is 14.6 Å². The molecule has 0 bridgehead atoms. The van der Waals surface area contributed by atoms with Gasteiger partial charge in [-0.2, -0.15) is 0 Å². The highest BCUT2D eigenvalue weighted by Crippen LogP contribution is 2.08. The normalized spacial score (nSPS) is 14.6. The molecule has 1 fully saturated rings. The highest BCUT2D eigenvalue weighted by molar-refractivity contribution is 5.92. The number of aromatic nitrogens is 1. The van der Waals surface area contributed by atoms with Crippen LogP contribution in [0, 0.1) is 0 Å². The van der Waals surface area contributed by atoms with Crippen molar-refractivity contribution in [1.82, 2.24) is 15.2 Å². The van der Waals surface area contributed by atoms with E-state index in [4.69, 9.17) is 5.11 Å². The van der Waals surface area contributed by atoms with Crippen LogP contribution in [0.1, 0.15) is 5.69 Å². The highest BCUT2D eigenvalue weighted by atomic mass is 16.4. The Balaban J connectivity index is 1.93. The van der Waals surface area contributed by atoms with E-state index in [0.29, 0.717) is 24.5 Å². The van der Waals surface area contributed by atoms with Crippen LogP contribution >= 0.6 is 0 Å². The molecule has 2 heterocycles. The van der Waals surface area contributed by atoms with Gasteiger partial charge in [0.2, 0.25) is 5.91 Å². The summed E-state index contributed by atoms with van der Waals surface area (Å²) in [6.45, 7) is 0.903. The molecule has 0 atom stereocenters. The van der Waals surface area contributed by atoms with Crippen molar-refractivity contribution in [1.29, 1.82) is 0 Å². The van der Waals surface area contributed by atoms with Crippen molar-refractivity contribution in [2.45, 2.75) is 6.42 Å². The zero-order valence-electron chi connectivity index (χ0n) is 10.6. The highest BCUT2D eigenvalue weighted by Gasteiger charge is 2.20. The van der Waals surface area contributed by atoms with E-state index in [9.17, 15) is 14.4 Å². The number of nitrogens with zero attached hydrogens (tertiary/aromatic N) is 2. The van der Waals surface area contributed by atoms with Gasteiger partial charge in [0.15, 0.2) is 0 Å². The fraction of sp³-hybridized carbons (Fsp3) is 0.333. The third-order valence-corrected chi connectivity index (χ3v) is 2.73. The minimum atomic E-state index is -0.964. The third-order valence-electron chi connectivity index (χ3n) is 2.73. The largest absolute Gasteiger partial charge is 0.481 e. The molecular weight excluding hydrogens is 264 g/mol. The summed E-state index contributed by atoms with van der Waals surface area (Å²) in [5.41, 5.74) is 0.864. The molecule has 0 aliphatic carbocycles. The minimum absolute atomic E-state index is 0.0242. The number of amides is 3. The summed E-state index contributed by atoms with van der Waals surface area (Å²) in [5.74, 6) is -1.16. The molecule has 0 unspecified atom stereocenters. The van der Waals surface area contributed by atoms with Crippen molar-refractivity contribution in [3.05, 3.63) is 24.0 Å². The van der Waals surface area contributed by atoms with Gasteiger partial charge in [0.1, 0.15) is 6.54 Å². The van der Waals surface area contributed by atoms with Crippen molar-refractivity contribution in [2.75, 3.05) is 25.0 Å². The first kappa shape index (κ1) is 13.8. The smallest absolute Gasteiger partial charge is 0.322 e. The topological polar surface area (TPSA) is 112 Å². The van der Waals surface area contributed by atoms with E-state index in [0.717, 1.165) is 0 Å². The first-order chi connectivity index (χ1) is 9.54. The summed E-state index contributed by atoms with van der Waals surface area (Å²) in [6.07, 6.45) is 1.22. The Morgan fingerprint density at radius 1 is 1.45 bits per heavy atom. The maximum atomic E-state index is 11.9. The van der Waals surface area contributed by atoms with Gasteiger partial charge in [-0.15, -0.1) is 0 Å². The molecule has 1 aliphatic heterocycles. The quantitative estimate of drug-likeness (QED) is 0.701. The minimum Gasteiger partial charge on any atom is -0.481 e. The van der Waals surface area contributed by atoms with Gasteiger partial charge in [-0.05, 0) is 12.1 Å². The molecule has 1 aromatic rings. The van der Waals surface area contributed by atoms with Crippen LogP contribution in [0.4, 0.5) is 10.5 Å². The molecule has 0 radical (unpaired) electrons. The van der Waals surface area contributed by atoms with Gasteiger partial charge in [0.25, 0.3) is 0 Å². The summed E-state index contributed by atoms with van der Waals surface area (Å²) >= 11 is 0. The van der Waals surface area contributed by atoms with Crippen LogP contribution in [0.15, 0.2) is 18.3 Å². The van der Waals surface area contributed by atoms with Gasteiger partial charge in [-0.25, -0.2) is 4.79 Å². The Bertz CT molecular complexity index is 529. The standard InChI is InChI=1S/C12H14N4O4/c17-10-7-16(4-3-13-10)12(20)15-9-2-1-8(14-6-9)5-11(18)19/h1-2,6H,3-5,7H2,(H,13,17)(H,15,20)(H,18,19). The van der Waals surface area contributed by atoms with E-state index in [1.165, 1.54) is 17.2 Å². The molecule has 106 valence electrons. The van der Waals surface area contributed by atoms with E-state index < -0.39 is 5.97 Å². The molecule has 8 heteroatoms. The van der Waals surface area contributed by atoms with Crippen molar-refractivity contribution in [3.8, 4) is 0 Å². The number of hydrogen-bond acceptors (Lipinski definition) is 4. The number of pyridine rings is 1. The second-order valence-corrected chi connectivity index (χ2v) is 4.31. The zero-order valence-corrected chi connectivity index (χ0v) is 10.6. The van der Waals surface area contributed by atoms with Gasteiger partial charge >= 0.3 is 12.0 Å². The van der Waals surface area contributed by atoms with E-state index in [2.05, 4.69) is 15.6 Å². The molecule has 3 N–H and O–H groups in total. The number of rotatable bonds is 3.